The maximum absolute atomic E-state index is 10.0. The number of rotatable bonds is 2. The Labute approximate surface area is 102 Å². The molecule has 0 fully saturated rings. The number of hydrogen-bond acceptors (Lipinski definition) is 2. The van der Waals surface area contributed by atoms with Crippen molar-refractivity contribution in [2.24, 2.45) is 0 Å². The van der Waals surface area contributed by atoms with E-state index in [0.717, 1.165) is 10.4 Å². The van der Waals surface area contributed by atoms with Crippen molar-refractivity contribution in [3.05, 3.63) is 56.2 Å². The van der Waals surface area contributed by atoms with Crippen LogP contribution in [0.4, 0.5) is 0 Å². The van der Waals surface area contributed by atoms with Gasteiger partial charge in [-0.15, -0.1) is 11.3 Å². The standard InChI is InChI=1S/C11H8Cl2OS/c12-8-4-7(5-9(13)6-8)11(14)10-2-1-3-15-10/h1-6,11,14H/t11-/m0/s1. The SMILES string of the molecule is O[C@@H](c1cc(Cl)cc(Cl)c1)c1cccs1. The normalized spacial score (nSPS) is 12.7. The Morgan fingerprint density at radius 2 is 1.80 bits per heavy atom. The van der Waals surface area contributed by atoms with Crippen molar-refractivity contribution in [2.45, 2.75) is 6.10 Å². The summed E-state index contributed by atoms with van der Waals surface area (Å²) in [5.41, 5.74) is 0.718. The van der Waals surface area contributed by atoms with Gasteiger partial charge in [-0.2, -0.15) is 0 Å². The highest BCUT2D eigenvalue weighted by molar-refractivity contribution is 7.10. The molecule has 0 aliphatic carbocycles. The number of benzene rings is 1. The molecule has 0 spiro atoms. The zero-order valence-electron chi connectivity index (χ0n) is 7.65. The molecule has 1 heterocycles. The lowest BCUT2D eigenvalue weighted by Gasteiger charge is -2.09. The van der Waals surface area contributed by atoms with Crippen LogP contribution in [0, 0.1) is 0 Å². The quantitative estimate of drug-likeness (QED) is 0.859. The van der Waals surface area contributed by atoms with Crippen LogP contribution >= 0.6 is 34.5 Å². The second-order valence-electron chi connectivity index (χ2n) is 3.12. The minimum atomic E-state index is -0.652. The third-order valence-corrected chi connectivity index (χ3v) is 3.37. The van der Waals surface area contributed by atoms with E-state index in [4.69, 9.17) is 23.2 Å². The highest BCUT2D eigenvalue weighted by Gasteiger charge is 2.12. The lowest BCUT2D eigenvalue weighted by molar-refractivity contribution is 0.224. The van der Waals surface area contributed by atoms with Crippen LogP contribution in [0.5, 0.6) is 0 Å². The highest BCUT2D eigenvalue weighted by Crippen LogP contribution is 2.29. The molecule has 1 nitrogen and oxygen atoms in total. The summed E-state index contributed by atoms with van der Waals surface area (Å²) in [5, 5.41) is 13.0. The first-order valence-corrected chi connectivity index (χ1v) is 5.98. The van der Waals surface area contributed by atoms with E-state index in [1.807, 2.05) is 17.5 Å². The van der Waals surface area contributed by atoms with Gasteiger partial charge in [0.05, 0.1) is 0 Å². The molecular weight excluding hydrogens is 251 g/mol. The van der Waals surface area contributed by atoms with Crippen molar-refractivity contribution in [1.82, 2.24) is 0 Å². The van der Waals surface area contributed by atoms with Crippen molar-refractivity contribution >= 4 is 34.5 Å². The molecule has 0 aliphatic rings. The lowest BCUT2D eigenvalue weighted by Crippen LogP contribution is -1.96. The zero-order chi connectivity index (χ0) is 10.8. The summed E-state index contributed by atoms with van der Waals surface area (Å²) in [6.45, 7) is 0. The van der Waals surface area contributed by atoms with Crippen LogP contribution in [0.25, 0.3) is 0 Å². The van der Waals surface area contributed by atoms with Gasteiger partial charge < -0.3 is 5.11 Å². The molecule has 2 aromatic rings. The second-order valence-corrected chi connectivity index (χ2v) is 4.97. The van der Waals surface area contributed by atoms with Gasteiger partial charge in [0.25, 0.3) is 0 Å². The smallest absolute Gasteiger partial charge is 0.113 e. The fourth-order valence-corrected chi connectivity index (χ4v) is 2.62. The van der Waals surface area contributed by atoms with Crippen LogP contribution < -0.4 is 0 Å². The number of hydrogen-bond donors (Lipinski definition) is 1. The van der Waals surface area contributed by atoms with E-state index in [9.17, 15) is 5.11 Å². The fraction of sp³-hybridized carbons (Fsp3) is 0.0909. The Hall–Kier alpha value is -0.540. The molecule has 0 aliphatic heterocycles. The molecule has 0 saturated carbocycles. The van der Waals surface area contributed by atoms with Gasteiger partial charge >= 0.3 is 0 Å². The molecular formula is C11H8Cl2OS. The van der Waals surface area contributed by atoms with Crippen LogP contribution in [0.1, 0.15) is 16.5 Å². The molecule has 0 amide bonds. The van der Waals surface area contributed by atoms with Crippen LogP contribution in [0.3, 0.4) is 0 Å². The number of aliphatic hydroxyl groups is 1. The molecule has 4 heteroatoms. The van der Waals surface area contributed by atoms with E-state index in [1.54, 1.807) is 18.2 Å². The molecule has 1 atom stereocenters. The summed E-state index contributed by atoms with van der Waals surface area (Å²) in [5.74, 6) is 0. The summed E-state index contributed by atoms with van der Waals surface area (Å²) in [6.07, 6.45) is -0.652. The minimum absolute atomic E-state index is 0.535. The predicted octanol–water partition coefficient (Wildman–Crippen LogP) is 4.14. The third-order valence-electron chi connectivity index (χ3n) is 2.01. The fourth-order valence-electron chi connectivity index (χ4n) is 1.34. The van der Waals surface area contributed by atoms with Crippen LogP contribution in [0.15, 0.2) is 35.7 Å². The van der Waals surface area contributed by atoms with Gasteiger partial charge in [0.1, 0.15) is 6.10 Å². The molecule has 15 heavy (non-hydrogen) atoms. The van der Waals surface area contributed by atoms with Crippen molar-refractivity contribution in [2.75, 3.05) is 0 Å². The maximum Gasteiger partial charge on any atom is 0.113 e. The summed E-state index contributed by atoms with van der Waals surface area (Å²) in [4.78, 5) is 0.883. The lowest BCUT2D eigenvalue weighted by atomic mass is 10.1. The first-order chi connectivity index (χ1) is 7.16. The maximum atomic E-state index is 10.0. The van der Waals surface area contributed by atoms with E-state index < -0.39 is 6.10 Å². The Morgan fingerprint density at radius 1 is 1.13 bits per heavy atom. The topological polar surface area (TPSA) is 20.2 Å². The second kappa shape index (κ2) is 4.54. The highest BCUT2D eigenvalue weighted by atomic mass is 35.5. The van der Waals surface area contributed by atoms with Gasteiger partial charge in [-0.3, -0.25) is 0 Å². The monoisotopic (exact) mass is 258 g/mol. The van der Waals surface area contributed by atoms with Crippen LogP contribution in [-0.4, -0.2) is 5.11 Å². The van der Waals surface area contributed by atoms with Gasteiger partial charge in [0.2, 0.25) is 0 Å². The molecule has 1 N–H and O–H groups in total. The average molecular weight is 259 g/mol. The Balaban J connectivity index is 2.37. The van der Waals surface area contributed by atoms with E-state index in [1.165, 1.54) is 11.3 Å². The van der Waals surface area contributed by atoms with E-state index in [0.29, 0.717) is 10.0 Å². The minimum Gasteiger partial charge on any atom is -0.383 e. The molecule has 78 valence electrons. The van der Waals surface area contributed by atoms with Gasteiger partial charge in [-0.25, -0.2) is 0 Å². The summed E-state index contributed by atoms with van der Waals surface area (Å²) >= 11 is 13.2. The largest absolute Gasteiger partial charge is 0.383 e. The molecule has 0 saturated heterocycles. The van der Waals surface area contributed by atoms with E-state index >= 15 is 0 Å². The zero-order valence-corrected chi connectivity index (χ0v) is 9.98. The van der Waals surface area contributed by atoms with Crippen molar-refractivity contribution < 1.29 is 5.11 Å². The van der Waals surface area contributed by atoms with Gasteiger partial charge in [0, 0.05) is 14.9 Å². The van der Waals surface area contributed by atoms with Crippen LogP contribution in [0.2, 0.25) is 10.0 Å². The van der Waals surface area contributed by atoms with Crippen LogP contribution in [-0.2, 0) is 0 Å². The first kappa shape index (κ1) is 11.0. The van der Waals surface area contributed by atoms with E-state index in [2.05, 4.69) is 0 Å². The summed E-state index contributed by atoms with van der Waals surface area (Å²) in [7, 11) is 0. The average Bonchev–Trinajstić information content (AvgIpc) is 2.67. The molecule has 0 unspecified atom stereocenters. The number of aliphatic hydroxyl groups excluding tert-OH is 1. The van der Waals surface area contributed by atoms with Crippen molar-refractivity contribution in [3.63, 3.8) is 0 Å². The summed E-state index contributed by atoms with van der Waals surface area (Å²) < 4.78 is 0. The predicted molar refractivity (Wildman–Crippen MR) is 64.8 cm³/mol. The third kappa shape index (κ3) is 2.52. The molecule has 1 aromatic carbocycles. The van der Waals surface area contributed by atoms with Crippen molar-refractivity contribution in [1.29, 1.82) is 0 Å². The number of halogens is 2. The van der Waals surface area contributed by atoms with E-state index in [-0.39, 0.29) is 0 Å². The first-order valence-electron chi connectivity index (χ1n) is 4.34. The Morgan fingerprint density at radius 3 is 2.33 bits per heavy atom. The number of thiophene rings is 1. The van der Waals surface area contributed by atoms with Crippen molar-refractivity contribution in [3.8, 4) is 0 Å². The molecule has 1 aromatic heterocycles. The molecule has 0 bridgehead atoms. The Bertz CT molecular complexity index is 433. The van der Waals surface area contributed by atoms with Gasteiger partial charge in [0.15, 0.2) is 0 Å². The molecule has 0 radical (unpaired) electrons. The van der Waals surface area contributed by atoms with Gasteiger partial charge in [-0.05, 0) is 35.2 Å². The Kier molecular flexibility index (Phi) is 3.32. The van der Waals surface area contributed by atoms with Gasteiger partial charge in [-0.1, -0.05) is 29.3 Å². The summed E-state index contributed by atoms with van der Waals surface area (Å²) in [6, 6.07) is 8.86. The molecule has 2 rings (SSSR count).